The van der Waals surface area contributed by atoms with Gasteiger partial charge in [-0.2, -0.15) is 0 Å². The fraction of sp³-hybridized carbons (Fsp3) is 0.176. The zero-order valence-corrected chi connectivity index (χ0v) is 22.8. The predicted molar refractivity (Wildman–Crippen MR) is 160 cm³/mol. The van der Waals surface area contributed by atoms with Gasteiger partial charge in [-0.3, -0.25) is 9.59 Å². The van der Waals surface area contributed by atoms with Crippen molar-refractivity contribution in [2.24, 2.45) is 11.5 Å². The molecule has 2 aliphatic carbocycles. The summed E-state index contributed by atoms with van der Waals surface area (Å²) in [5.74, 6) is -0.214. The van der Waals surface area contributed by atoms with Gasteiger partial charge >= 0.3 is 0 Å². The van der Waals surface area contributed by atoms with E-state index in [1.807, 2.05) is 42.5 Å². The Morgan fingerprint density at radius 2 is 1.60 bits per heavy atom. The molecule has 0 fully saturated rings. The molecule has 1 unspecified atom stereocenters. The third-order valence-electron chi connectivity index (χ3n) is 8.02. The molecular formula is C34H30ClN3O2. The van der Waals surface area contributed by atoms with E-state index in [1.54, 1.807) is 24.3 Å². The van der Waals surface area contributed by atoms with Crippen molar-refractivity contribution in [3.8, 4) is 0 Å². The van der Waals surface area contributed by atoms with Crippen LogP contribution in [0.25, 0.3) is 11.6 Å². The van der Waals surface area contributed by atoms with Crippen molar-refractivity contribution in [2.45, 2.75) is 38.3 Å². The minimum Gasteiger partial charge on any atom is -0.326 e. The molecule has 0 saturated heterocycles. The molecule has 6 rings (SSSR count). The van der Waals surface area contributed by atoms with Gasteiger partial charge in [-0.15, -0.1) is 0 Å². The maximum Gasteiger partial charge on any atom is 0.228 e. The summed E-state index contributed by atoms with van der Waals surface area (Å²) < 4.78 is 0. The lowest BCUT2D eigenvalue weighted by Crippen LogP contribution is -2.38. The van der Waals surface area contributed by atoms with E-state index in [2.05, 4.69) is 23.5 Å². The molecule has 40 heavy (non-hydrogen) atoms. The number of amides is 1. The molecule has 0 aromatic heterocycles. The molecule has 0 heterocycles. The number of rotatable bonds is 6. The number of nitrogens with one attached hydrogen (secondary N) is 1. The normalized spacial score (nSPS) is 15.4. The summed E-state index contributed by atoms with van der Waals surface area (Å²) >= 11 is 6.47. The van der Waals surface area contributed by atoms with Gasteiger partial charge in [0, 0.05) is 34.4 Å². The Labute approximate surface area is 237 Å². The van der Waals surface area contributed by atoms with Crippen LogP contribution in [-0.4, -0.2) is 17.7 Å². The summed E-state index contributed by atoms with van der Waals surface area (Å²) in [5.41, 5.74) is 18.5. The van der Waals surface area contributed by atoms with Gasteiger partial charge in [0.05, 0.1) is 6.42 Å². The van der Waals surface area contributed by atoms with Crippen LogP contribution in [0.15, 0.2) is 78.9 Å². The summed E-state index contributed by atoms with van der Waals surface area (Å²) in [6.45, 7) is 0.382. The molecule has 4 aromatic rings. The summed E-state index contributed by atoms with van der Waals surface area (Å²) in [6, 6.07) is 24.5. The van der Waals surface area contributed by atoms with Crippen LogP contribution in [0.1, 0.15) is 39.0 Å². The Kier molecular flexibility index (Phi) is 7.11. The van der Waals surface area contributed by atoms with Crippen LogP contribution in [0, 0.1) is 10.4 Å². The monoisotopic (exact) mass is 547 g/mol. The van der Waals surface area contributed by atoms with Crippen LogP contribution < -0.4 is 27.2 Å². The largest absolute Gasteiger partial charge is 0.326 e. The van der Waals surface area contributed by atoms with Gasteiger partial charge in [0.15, 0.2) is 5.78 Å². The Hall–Kier alpha value is -4.03. The number of ketones is 1. The van der Waals surface area contributed by atoms with E-state index in [0.717, 1.165) is 44.6 Å². The average Bonchev–Trinajstić information content (AvgIpc) is 2.97. The first-order valence-electron chi connectivity index (χ1n) is 13.6. The quantitative estimate of drug-likeness (QED) is 0.319. The maximum atomic E-state index is 13.8. The van der Waals surface area contributed by atoms with Gasteiger partial charge in [-0.25, -0.2) is 0 Å². The molecule has 200 valence electrons. The second-order valence-electron chi connectivity index (χ2n) is 10.4. The van der Waals surface area contributed by atoms with Gasteiger partial charge < -0.3 is 16.8 Å². The van der Waals surface area contributed by atoms with E-state index in [0.29, 0.717) is 29.8 Å². The third-order valence-corrected chi connectivity index (χ3v) is 8.35. The summed E-state index contributed by atoms with van der Waals surface area (Å²) in [6.07, 6.45) is 4.73. The lowest BCUT2D eigenvalue weighted by atomic mass is 9.81. The van der Waals surface area contributed by atoms with Crippen LogP contribution in [0.5, 0.6) is 0 Å². The van der Waals surface area contributed by atoms with E-state index in [1.165, 1.54) is 16.3 Å². The molecule has 5 N–H and O–H groups in total. The lowest BCUT2D eigenvalue weighted by Gasteiger charge is -2.24. The van der Waals surface area contributed by atoms with Crippen molar-refractivity contribution in [2.75, 3.05) is 5.32 Å². The standard InChI is InChI=1S/C34H30ClN3O2/c35-30-7-3-6-24-25-13-15-29-27(26(25)12-14-28(24)30)16-17-31(37)33(29)34(40)20-8-10-23(11-9-20)38-32(39)18-21-4-1-2-5-22(21)19-36/h1-11,13-15,31H,12,16-19,36-37H2,(H,38,39). The Morgan fingerprint density at radius 1 is 0.850 bits per heavy atom. The molecular weight excluding hydrogens is 518 g/mol. The average molecular weight is 548 g/mol. The summed E-state index contributed by atoms with van der Waals surface area (Å²) in [5, 5.41) is 7.99. The van der Waals surface area contributed by atoms with Crippen molar-refractivity contribution in [3.63, 3.8) is 0 Å². The number of carbonyl (C=O) groups is 2. The van der Waals surface area contributed by atoms with E-state index in [4.69, 9.17) is 23.1 Å². The van der Waals surface area contributed by atoms with E-state index >= 15 is 0 Å². The second kappa shape index (κ2) is 10.9. The molecule has 0 bridgehead atoms. The topological polar surface area (TPSA) is 98.2 Å². The van der Waals surface area contributed by atoms with Gasteiger partial charge in [0.2, 0.25) is 5.91 Å². The Bertz CT molecular complexity index is 1880. The van der Waals surface area contributed by atoms with Gasteiger partial charge in [0.1, 0.15) is 0 Å². The fourth-order valence-corrected chi connectivity index (χ4v) is 6.25. The molecule has 2 aliphatic rings. The Morgan fingerprint density at radius 3 is 2.38 bits per heavy atom. The SMILES string of the molecule is NCc1ccccc1CC(=O)Nc1ccc(C(=O)C2=c3ccc4c(c3CCC2N)CC=c2c(Cl)cccc2=4)cc1. The molecule has 1 atom stereocenters. The van der Waals surface area contributed by atoms with Crippen LogP contribution >= 0.6 is 11.6 Å². The summed E-state index contributed by atoms with van der Waals surface area (Å²) in [7, 11) is 0. The molecule has 0 spiro atoms. The third kappa shape index (κ3) is 4.77. The number of carbonyl (C=O) groups excluding carboxylic acids is 2. The second-order valence-corrected chi connectivity index (χ2v) is 10.8. The fourth-order valence-electron chi connectivity index (χ4n) is 6.00. The number of Topliss-reactive ketones (excluding diaryl/α,β-unsaturated/α-hetero) is 1. The van der Waals surface area contributed by atoms with Gasteiger partial charge in [-0.05, 0) is 92.7 Å². The summed E-state index contributed by atoms with van der Waals surface area (Å²) in [4.78, 5) is 26.4. The highest BCUT2D eigenvalue weighted by atomic mass is 35.5. The highest BCUT2D eigenvalue weighted by molar-refractivity contribution is 6.30. The minimum absolute atomic E-state index is 0.0774. The maximum absolute atomic E-state index is 13.8. The van der Waals surface area contributed by atoms with E-state index in [-0.39, 0.29) is 24.2 Å². The Balaban J connectivity index is 1.31. The number of halogens is 1. The van der Waals surface area contributed by atoms with Crippen molar-refractivity contribution in [1.29, 1.82) is 0 Å². The van der Waals surface area contributed by atoms with Crippen LogP contribution in [-0.2, 0) is 30.6 Å². The number of nitrogens with two attached hydrogens (primary N) is 2. The molecule has 6 heteroatoms. The molecule has 0 saturated carbocycles. The number of fused-ring (bicyclic) bond motifs is 4. The number of anilines is 1. The minimum atomic E-state index is -0.339. The molecule has 1 amide bonds. The van der Waals surface area contributed by atoms with Crippen LogP contribution in [0.4, 0.5) is 5.69 Å². The molecule has 4 aromatic carbocycles. The van der Waals surface area contributed by atoms with Gasteiger partial charge in [-0.1, -0.05) is 66.2 Å². The van der Waals surface area contributed by atoms with Crippen molar-refractivity contribution < 1.29 is 9.59 Å². The highest BCUT2D eigenvalue weighted by Crippen LogP contribution is 2.24. The number of hydrogen-bond acceptors (Lipinski definition) is 4. The highest BCUT2D eigenvalue weighted by Gasteiger charge is 2.26. The van der Waals surface area contributed by atoms with Gasteiger partial charge in [0.25, 0.3) is 0 Å². The van der Waals surface area contributed by atoms with Crippen LogP contribution in [0.3, 0.4) is 0 Å². The zero-order chi connectivity index (χ0) is 27.8. The van der Waals surface area contributed by atoms with Crippen molar-refractivity contribution in [1.82, 2.24) is 0 Å². The van der Waals surface area contributed by atoms with E-state index < -0.39 is 0 Å². The smallest absolute Gasteiger partial charge is 0.228 e. The predicted octanol–water partition coefficient (Wildman–Crippen LogP) is 3.91. The van der Waals surface area contributed by atoms with E-state index in [9.17, 15) is 9.59 Å². The number of hydrogen-bond donors (Lipinski definition) is 3. The molecule has 0 radical (unpaired) electrons. The zero-order valence-electron chi connectivity index (χ0n) is 22.0. The van der Waals surface area contributed by atoms with Crippen molar-refractivity contribution in [3.05, 3.63) is 133 Å². The van der Waals surface area contributed by atoms with Crippen molar-refractivity contribution >= 4 is 40.6 Å². The first kappa shape index (κ1) is 26.2. The number of benzene rings is 4. The van der Waals surface area contributed by atoms with Crippen LogP contribution in [0.2, 0.25) is 5.02 Å². The molecule has 5 nitrogen and oxygen atoms in total. The first-order chi connectivity index (χ1) is 19.4. The lowest BCUT2D eigenvalue weighted by molar-refractivity contribution is -0.115. The molecule has 0 aliphatic heterocycles. The first-order valence-corrected chi connectivity index (χ1v) is 13.9.